The Balaban J connectivity index is 1.84. The molecule has 0 bridgehead atoms. The van der Waals surface area contributed by atoms with Crippen LogP contribution in [-0.4, -0.2) is 34.1 Å². The summed E-state index contributed by atoms with van der Waals surface area (Å²) in [6.07, 6.45) is 8.19. The van der Waals surface area contributed by atoms with Crippen molar-refractivity contribution in [1.82, 2.24) is 14.5 Å². The van der Waals surface area contributed by atoms with E-state index in [0.717, 1.165) is 19.4 Å². The lowest BCUT2D eigenvalue weighted by Gasteiger charge is -2.31. The minimum atomic E-state index is 0.307. The Morgan fingerprint density at radius 2 is 2.18 bits per heavy atom. The van der Waals surface area contributed by atoms with E-state index in [4.69, 9.17) is 10.7 Å². The molecule has 4 heteroatoms. The Kier molecular flexibility index (Phi) is 2.92. The summed E-state index contributed by atoms with van der Waals surface area (Å²) in [5, 5.41) is 0. The fraction of sp³-hybridized carbons (Fsp3) is 0.769. The van der Waals surface area contributed by atoms with Crippen molar-refractivity contribution < 1.29 is 0 Å². The van der Waals surface area contributed by atoms with Gasteiger partial charge in [0.1, 0.15) is 5.82 Å². The largest absolute Gasteiger partial charge is 0.334 e. The van der Waals surface area contributed by atoms with Gasteiger partial charge in [-0.05, 0) is 32.9 Å². The smallest absolute Gasteiger partial charge is 0.110 e. The number of hydrogen-bond donors (Lipinski definition) is 1. The second-order valence-electron chi connectivity index (χ2n) is 5.52. The van der Waals surface area contributed by atoms with Crippen LogP contribution in [0.1, 0.15) is 43.2 Å². The van der Waals surface area contributed by atoms with Crippen LogP contribution in [0.25, 0.3) is 0 Å². The van der Waals surface area contributed by atoms with Crippen molar-refractivity contribution in [2.45, 2.75) is 50.7 Å². The molecule has 3 rings (SSSR count). The lowest BCUT2D eigenvalue weighted by atomic mass is 10.0. The second-order valence-corrected chi connectivity index (χ2v) is 5.52. The minimum Gasteiger partial charge on any atom is -0.334 e. The third kappa shape index (κ3) is 2.11. The molecular weight excluding hydrogens is 212 g/mol. The molecule has 0 aliphatic carbocycles. The van der Waals surface area contributed by atoms with E-state index in [2.05, 4.69) is 22.7 Å². The van der Waals surface area contributed by atoms with E-state index in [-0.39, 0.29) is 0 Å². The molecular formula is C13H22N4. The van der Waals surface area contributed by atoms with Crippen LogP contribution < -0.4 is 5.73 Å². The van der Waals surface area contributed by atoms with E-state index in [1.54, 1.807) is 0 Å². The maximum atomic E-state index is 6.00. The molecule has 3 heterocycles. The Morgan fingerprint density at radius 1 is 1.29 bits per heavy atom. The number of fused-ring (bicyclic) bond motifs is 1. The van der Waals surface area contributed by atoms with Crippen LogP contribution in [0, 0.1) is 0 Å². The molecule has 0 radical (unpaired) electrons. The van der Waals surface area contributed by atoms with Crippen molar-refractivity contribution in [1.29, 1.82) is 0 Å². The molecule has 1 fully saturated rings. The van der Waals surface area contributed by atoms with Crippen molar-refractivity contribution in [2.24, 2.45) is 5.73 Å². The Labute approximate surface area is 103 Å². The van der Waals surface area contributed by atoms with Gasteiger partial charge in [-0.1, -0.05) is 6.42 Å². The Hall–Kier alpha value is -0.870. The van der Waals surface area contributed by atoms with Gasteiger partial charge < -0.3 is 10.3 Å². The lowest BCUT2D eigenvalue weighted by Crippen LogP contribution is -2.30. The number of nitrogens with zero attached hydrogens (tertiary/aromatic N) is 3. The monoisotopic (exact) mass is 234 g/mol. The van der Waals surface area contributed by atoms with Crippen LogP contribution in [0.5, 0.6) is 0 Å². The molecule has 2 atom stereocenters. The topological polar surface area (TPSA) is 47.1 Å². The number of rotatable bonds is 1. The number of hydrogen-bond acceptors (Lipinski definition) is 3. The summed E-state index contributed by atoms with van der Waals surface area (Å²) in [4.78, 5) is 7.26. The maximum absolute atomic E-state index is 6.00. The van der Waals surface area contributed by atoms with Crippen LogP contribution in [-0.2, 0) is 13.0 Å². The number of nitrogens with two attached hydrogens (primary N) is 1. The fourth-order valence-corrected chi connectivity index (χ4v) is 3.08. The van der Waals surface area contributed by atoms with Gasteiger partial charge in [0.2, 0.25) is 0 Å². The molecule has 0 spiro atoms. The molecule has 0 amide bonds. The lowest BCUT2D eigenvalue weighted by molar-refractivity contribution is 0.184. The van der Waals surface area contributed by atoms with Crippen LogP contribution in [0.2, 0.25) is 0 Å². The predicted molar refractivity (Wildman–Crippen MR) is 67.7 cm³/mol. The number of aromatic nitrogens is 2. The van der Waals surface area contributed by atoms with Gasteiger partial charge >= 0.3 is 0 Å². The van der Waals surface area contributed by atoms with Crippen molar-refractivity contribution in [3.8, 4) is 0 Å². The summed E-state index contributed by atoms with van der Waals surface area (Å²) in [5.74, 6) is 1.19. The molecule has 1 aromatic rings. The van der Waals surface area contributed by atoms with Crippen LogP contribution in [0.3, 0.4) is 0 Å². The zero-order valence-corrected chi connectivity index (χ0v) is 10.6. The van der Waals surface area contributed by atoms with E-state index in [0.29, 0.717) is 12.1 Å². The highest BCUT2D eigenvalue weighted by atomic mass is 15.2. The molecule has 2 N–H and O–H groups in total. The quantitative estimate of drug-likeness (QED) is 0.797. The third-order valence-electron chi connectivity index (χ3n) is 4.18. The number of aryl methyl sites for hydroxylation is 1. The number of piperidine rings is 1. The summed E-state index contributed by atoms with van der Waals surface area (Å²) < 4.78 is 2.31. The van der Waals surface area contributed by atoms with E-state index < -0.39 is 0 Å². The van der Waals surface area contributed by atoms with E-state index >= 15 is 0 Å². The second kappa shape index (κ2) is 4.42. The molecule has 2 aliphatic heterocycles. The summed E-state index contributed by atoms with van der Waals surface area (Å²) >= 11 is 0. The van der Waals surface area contributed by atoms with Gasteiger partial charge in [-0.25, -0.2) is 4.98 Å². The number of likely N-dealkylation sites (tertiary alicyclic amines) is 1. The average molecular weight is 234 g/mol. The zero-order chi connectivity index (χ0) is 11.8. The third-order valence-corrected chi connectivity index (χ3v) is 4.18. The summed E-state index contributed by atoms with van der Waals surface area (Å²) in [6, 6.07) is 0.833. The highest BCUT2D eigenvalue weighted by molar-refractivity contribution is 5.12. The molecule has 17 heavy (non-hydrogen) atoms. The molecule has 1 saturated heterocycles. The van der Waals surface area contributed by atoms with Gasteiger partial charge in [0.25, 0.3) is 0 Å². The first-order valence-electron chi connectivity index (χ1n) is 6.76. The summed E-state index contributed by atoms with van der Waals surface area (Å²) in [5.41, 5.74) is 7.26. The summed E-state index contributed by atoms with van der Waals surface area (Å²) in [6.45, 7) is 2.24. The zero-order valence-electron chi connectivity index (χ0n) is 10.6. The molecule has 94 valence electrons. The maximum Gasteiger partial charge on any atom is 0.110 e. The Morgan fingerprint density at radius 3 is 3.00 bits per heavy atom. The molecule has 2 aliphatic rings. The highest BCUT2D eigenvalue weighted by Crippen LogP contribution is 2.29. The van der Waals surface area contributed by atoms with E-state index in [9.17, 15) is 0 Å². The molecule has 0 aromatic carbocycles. The van der Waals surface area contributed by atoms with E-state index in [1.807, 2.05) is 0 Å². The highest BCUT2D eigenvalue weighted by Gasteiger charge is 2.25. The molecule has 0 saturated carbocycles. The van der Waals surface area contributed by atoms with Gasteiger partial charge in [-0.3, -0.25) is 4.90 Å². The van der Waals surface area contributed by atoms with Crippen LogP contribution in [0.15, 0.2) is 6.20 Å². The van der Waals surface area contributed by atoms with Crippen molar-refractivity contribution in [3.05, 3.63) is 17.7 Å². The van der Waals surface area contributed by atoms with Crippen molar-refractivity contribution >= 4 is 0 Å². The van der Waals surface area contributed by atoms with Crippen LogP contribution in [0.4, 0.5) is 0 Å². The first kappa shape index (κ1) is 11.2. The first-order chi connectivity index (χ1) is 8.24. The van der Waals surface area contributed by atoms with Gasteiger partial charge in [0.15, 0.2) is 0 Å². The normalized spacial score (nSPS) is 30.2. The molecule has 4 nitrogen and oxygen atoms in total. The van der Waals surface area contributed by atoms with Gasteiger partial charge in [0, 0.05) is 25.2 Å². The predicted octanol–water partition coefficient (Wildman–Crippen LogP) is 1.31. The van der Waals surface area contributed by atoms with Crippen molar-refractivity contribution in [2.75, 3.05) is 13.6 Å². The van der Waals surface area contributed by atoms with Crippen LogP contribution >= 0.6 is 0 Å². The first-order valence-corrected chi connectivity index (χ1v) is 6.76. The SMILES string of the molecule is CN1CCCCC1c1cn2c(n1)CC(N)CC2. The standard InChI is InChI=1S/C13H22N4/c1-16-6-3-2-4-12(16)11-9-17-7-5-10(14)8-13(17)15-11/h9-10,12H,2-8,14H2,1H3. The summed E-state index contributed by atoms with van der Waals surface area (Å²) in [7, 11) is 2.22. The fourth-order valence-electron chi connectivity index (χ4n) is 3.08. The Bertz CT molecular complexity index is 398. The average Bonchev–Trinajstić information content (AvgIpc) is 2.72. The van der Waals surface area contributed by atoms with Crippen molar-refractivity contribution in [3.63, 3.8) is 0 Å². The number of imidazole rings is 1. The minimum absolute atomic E-state index is 0.307. The van der Waals surface area contributed by atoms with E-state index in [1.165, 1.54) is 37.3 Å². The molecule has 1 aromatic heterocycles. The van der Waals surface area contributed by atoms with Gasteiger partial charge in [0.05, 0.1) is 11.7 Å². The van der Waals surface area contributed by atoms with Gasteiger partial charge in [-0.15, -0.1) is 0 Å². The molecule has 2 unspecified atom stereocenters. The van der Waals surface area contributed by atoms with Gasteiger partial charge in [-0.2, -0.15) is 0 Å².